The van der Waals surface area contributed by atoms with Crippen LogP contribution in [-0.2, 0) is 6.54 Å². The maximum absolute atomic E-state index is 12.5. The molecule has 0 aliphatic carbocycles. The standard InChI is InChI=1S/C17H22N4O2/c1-12-15(19-21-9-10-23-17(12)21)16(22)18-11-14(20(2)3)13-7-5-4-6-8-13/h4-8,14H,9-11H2,1-3H3,(H,18,22). The van der Waals surface area contributed by atoms with Crippen LogP contribution in [-0.4, -0.2) is 47.8 Å². The highest BCUT2D eigenvalue weighted by Gasteiger charge is 2.25. The number of rotatable bonds is 5. The first-order valence-corrected chi connectivity index (χ1v) is 7.77. The number of nitrogens with zero attached hydrogens (tertiary/aromatic N) is 3. The van der Waals surface area contributed by atoms with Crippen molar-refractivity contribution in [2.24, 2.45) is 0 Å². The number of likely N-dealkylation sites (N-methyl/N-ethyl adjacent to an activating group) is 1. The van der Waals surface area contributed by atoms with E-state index < -0.39 is 0 Å². The summed E-state index contributed by atoms with van der Waals surface area (Å²) in [5.41, 5.74) is 2.43. The second-order valence-electron chi connectivity index (χ2n) is 5.95. The number of ether oxygens (including phenoxy) is 1. The van der Waals surface area contributed by atoms with E-state index in [9.17, 15) is 4.79 Å². The van der Waals surface area contributed by atoms with Gasteiger partial charge in [0, 0.05) is 12.1 Å². The summed E-state index contributed by atoms with van der Waals surface area (Å²) in [4.78, 5) is 14.6. The summed E-state index contributed by atoms with van der Waals surface area (Å²) in [5, 5.41) is 7.35. The van der Waals surface area contributed by atoms with Crippen LogP contribution in [0.1, 0.15) is 27.7 Å². The van der Waals surface area contributed by atoms with E-state index in [4.69, 9.17) is 4.74 Å². The Balaban J connectivity index is 1.70. The van der Waals surface area contributed by atoms with Gasteiger partial charge in [-0.25, -0.2) is 4.68 Å². The van der Waals surface area contributed by atoms with Crippen LogP contribution in [0.3, 0.4) is 0 Å². The second-order valence-corrected chi connectivity index (χ2v) is 5.95. The minimum absolute atomic E-state index is 0.117. The lowest BCUT2D eigenvalue weighted by atomic mass is 10.1. The van der Waals surface area contributed by atoms with E-state index in [2.05, 4.69) is 27.4 Å². The van der Waals surface area contributed by atoms with Gasteiger partial charge in [-0.3, -0.25) is 4.79 Å². The van der Waals surface area contributed by atoms with Crippen molar-refractivity contribution in [2.75, 3.05) is 27.2 Å². The Morgan fingerprint density at radius 3 is 2.78 bits per heavy atom. The summed E-state index contributed by atoms with van der Waals surface area (Å²) in [6.45, 7) is 3.73. The zero-order valence-electron chi connectivity index (χ0n) is 13.7. The quantitative estimate of drug-likeness (QED) is 0.911. The molecule has 2 aromatic rings. The molecule has 0 saturated carbocycles. The van der Waals surface area contributed by atoms with Crippen LogP contribution < -0.4 is 10.1 Å². The van der Waals surface area contributed by atoms with Gasteiger partial charge in [-0.15, -0.1) is 0 Å². The Bertz CT molecular complexity index is 694. The molecule has 2 heterocycles. The Hall–Kier alpha value is -2.34. The molecule has 23 heavy (non-hydrogen) atoms. The topological polar surface area (TPSA) is 59.4 Å². The molecule has 1 aliphatic heterocycles. The number of hydrogen-bond donors (Lipinski definition) is 1. The van der Waals surface area contributed by atoms with Gasteiger partial charge >= 0.3 is 0 Å². The first-order valence-electron chi connectivity index (χ1n) is 7.77. The van der Waals surface area contributed by atoms with Crippen molar-refractivity contribution < 1.29 is 9.53 Å². The van der Waals surface area contributed by atoms with E-state index in [1.807, 2.05) is 39.2 Å². The van der Waals surface area contributed by atoms with Crippen LogP contribution in [0.2, 0.25) is 0 Å². The van der Waals surface area contributed by atoms with E-state index in [0.29, 0.717) is 31.3 Å². The van der Waals surface area contributed by atoms with Crippen molar-refractivity contribution in [1.82, 2.24) is 20.0 Å². The minimum Gasteiger partial charge on any atom is -0.476 e. The van der Waals surface area contributed by atoms with Gasteiger partial charge in [-0.1, -0.05) is 30.3 Å². The van der Waals surface area contributed by atoms with Gasteiger partial charge in [-0.05, 0) is 26.6 Å². The molecule has 1 aromatic heterocycles. The zero-order valence-corrected chi connectivity index (χ0v) is 13.7. The van der Waals surface area contributed by atoms with Crippen LogP contribution in [0.5, 0.6) is 5.88 Å². The normalized spacial score (nSPS) is 14.4. The first-order chi connectivity index (χ1) is 11.1. The summed E-state index contributed by atoms with van der Waals surface area (Å²) in [6, 6.07) is 10.3. The van der Waals surface area contributed by atoms with Gasteiger partial charge in [0.25, 0.3) is 5.91 Å². The number of aromatic nitrogens is 2. The fraction of sp³-hybridized carbons (Fsp3) is 0.412. The van der Waals surface area contributed by atoms with Gasteiger partial charge in [0.2, 0.25) is 5.88 Å². The lowest BCUT2D eigenvalue weighted by Crippen LogP contribution is -2.35. The molecule has 6 heteroatoms. The molecule has 6 nitrogen and oxygen atoms in total. The van der Waals surface area contributed by atoms with Gasteiger partial charge in [0.1, 0.15) is 6.61 Å². The molecule has 0 spiro atoms. The average molecular weight is 314 g/mol. The maximum atomic E-state index is 12.5. The number of benzene rings is 1. The van der Waals surface area contributed by atoms with E-state index in [1.54, 1.807) is 4.68 Å². The third-order valence-corrected chi connectivity index (χ3v) is 4.15. The number of carbonyl (C=O) groups excluding carboxylic acids is 1. The summed E-state index contributed by atoms with van der Waals surface area (Å²) in [5.74, 6) is 0.554. The Morgan fingerprint density at radius 2 is 2.13 bits per heavy atom. The van der Waals surface area contributed by atoms with Gasteiger partial charge in [-0.2, -0.15) is 5.10 Å². The molecule has 0 saturated heterocycles. The Kier molecular flexibility index (Phi) is 4.34. The van der Waals surface area contributed by atoms with Crippen LogP contribution in [0, 0.1) is 6.92 Å². The van der Waals surface area contributed by atoms with Crippen molar-refractivity contribution in [2.45, 2.75) is 19.5 Å². The Morgan fingerprint density at radius 1 is 1.39 bits per heavy atom. The first kappa shape index (κ1) is 15.6. The van der Waals surface area contributed by atoms with Gasteiger partial charge in [0.05, 0.1) is 12.6 Å². The van der Waals surface area contributed by atoms with Crippen molar-refractivity contribution in [3.05, 3.63) is 47.2 Å². The average Bonchev–Trinajstić information content (AvgIpc) is 3.11. The molecule has 0 fully saturated rings. The van der Waals surface area contributed by atoms with Crippen molar-refractivity contribution in [3.8, 4) is 5.88 Å². The lowest BCUT2D eigenvalue weighted by Gasteiger charge is -2.25. The van der Waals surface area contributed by atoms with Crippen LogP contribution in [0.4, 0.5) is 0 Å². The largest absolute Gasteiger partial charge is 0.476 e. The van der Waals surface area contributed by atoms with Crippen molar-refractivity contribution in [1.29, 1.82) is 0 Å². The highest BCUT2D eigenvalue weighted by Crippen LogP contribution is 2.25. The predicted octanol–water partition coefficient (Wildman–Crippen LogP) is 1.62. The van der Waals surface area contributed by atoms with E-state index in [1.165, 1.54) is 5.56 Å². The fourth-order valence-corrected chi connectivity index (χ4v) is 2.86. The molecule has 0 radical (unpaired) electrons. The molecule has 0 bridgehead atoms. The minimum atomic E-state index is -0.157. The molecule has 1 N–H and O–H groups in total. The molecule has 1 atom stereocenters. The highest BCUT2D eigenvalue weighted by atomic mass is 16.5. The van der Waals surface area contributed by atoms with Crippen LogP contribution >= 0.6 is 0 Å². The highest BCUT2D eigenvalue weighted by molar-refractivity contribution is 5.94. The van der Waals surface area contributed by atoms with Crippen molar-refractivity contribution >= 4 is 5.91 Å². The summed E-state index contributed by atoms with van der Waals surface area (Å²) >= 11 is 0. The molecule has 3 rings (SSSR count). The van der Waals surface area contributed by atoms with E-state index in [0.717, 1.165) is 5.56 Å². The zero-order chi connectivity index (χ0) is 16.4. The number of nitrogens with one attached hydrogen (secondary N) is 1. The number of fused-ring (bicyclic) bond motifs is 1. The SMILES string of the molecule is Cc1c(C(=O)NCC(c2ccccc2)N(C)C)nn2c1OCC2. The van der Waals surface area contributed by atoms with Gasteiger partial charge < -0.3 is 15.0 Å². The lowest BCUT2D eigenvalue weighted by molar-refractivity contribution is 0.0935. The molecule has 1 aromatic carbocycles. The maximum Gasteiger partial charge on any atom is 0.272 e. The monoisotopic (exact) mass is 314 g/mol. The van der Waals surface area contributed by atoms with Crippen LogP contribution in [0.25, 0.3) is 0 Å². The molecular formula is C17H22N4O2. The molecule has 122 valence electrons. The van der Waals surface area contributed by atoms with E-state index in [-0.39, 0.29) is 11.9 Å². The second kappa shape index (κ2) is 6.42. The van der Waals surface area contributed by atoms with E-state index >= 15 is 0 Å². The number of amides is 1. The van der Waals surface area contributed by atoms with Gasteiger partial charge in [0.15, 0.2) is 5.69 Å². The Labute approximate surface area is 136 Å². The number of carbonyl (C=O) groups is 1. The summed E-state index contributed by atoms with van der Waals surface area (Å²) in [7, 11) is 4.02. The summed E-state index contributed by atoms with van der Waals surface area (Å²) in [6.07, 6.45) is 0. The number of hydrogen-bond acceptors (Lipinski definition) is 4. The molecule has 1 unspecified atom stereocenters. The fourth-order valence-electron chi connectivity index (χ4n) is 2.86. The molecular weight excluding hydrogens is 292 g/mol. The summed E-state index contributed by atoms with van der Waals surface area (Å²) < 4.78 is 7.26. The predicted molar refractivity (Wildman–Crippen MR) is 87.7 cm³/mol. The molecule has 1 amide bonds. The van der Waals surface area contributed by atoms with Crippen LogP contribution in [0.15, 0.2) is 30.3 Å². The molecule has 1 aliphatic rings. The third-order valence-electron chi connectivity index (χ3n) is 4.15. The third kappa shape index (κ3) is 3.07. The smallest absolute Gasteiger partial charge is 0.272 e. The van der Waals surface area contributed by atoms with Crippen molar-refractivity contribution in [3.63, 3.8) is 0 Å².